The van der Waals surface area contributed by atoms with Crippen molar-refractivity contribution in [2.75, 3.05) is 51.3 Å². The van der Waals surface area contributed by atoms with Gasteiger partial charge in [0.05, 0.1) is 24.0 Å². The first-order valence-corrected chi connectivity index (χ1v) is 13.8. The molecule has 2 aromatic rings. The van der Waals surface area contributed by atoms with Gasteiger partial charge < -0.3 is 29.0 Å². The molecule has 0 unspecified atom stereocenters. The number of nitrogens with zero attached hydrogens (tertiary/aromatic N) is 6. The van der Waals surface area contributed by atoms with Gasteiger partial charge in [0.15, 0.2) is 5.83 Å². The lowest BCUT2D eigenvalue weighted by atomic mass is 9.95. The number of aromatic nitrogens is 2. The molecule has 3 aliphatic heterocycles. The van der Waals surface area contributed by atoms with Crippen LogP contribution in [0.5, 0.6) is 6.01 Å². The highest BCUT2D eigenvalue weighted by molar-refractivity contribution is 5.91. The average Bonchev–Trinajstić information content (AvgIpc) is 3.39. The standard InChI is InChI=1S/C29H32F4N6O3/c1-18(30)27(40)39-12-11-38(15-20(39)14-34-2)26-22-17-41-25(21-8-4-5-9-23(21)29(31,32)33)13-24(22)35-28(36-26)42-16-19-7-6-10-37(19)3/h4-5,8-9,19-20,25H,1,6-7,10-17H2,3H3/t19-,20+,25-/m1/s1. The summed E-state index contributed by atoms with van der Waals surface area (Å²) in [5.41, 5.74) is 0.393. The minimum atomic E-state index is -4.54. The number of fused-ring (bicyclic) bond motifs is 1. The molecule has 2 fully saturated rings. The second kappa shape index (κ2) is 12.2. The summed E-state index contributed by atoms with van der Waals surface area (Å²) in [5, 5.41) is 0. The van der Waals surface area contributed by atoms with Gasteiger partial charge in [0.2, 0.25) is 6.54 Å². The lowest BCUT2D eigenvalue weighted by molar-refractivity contribution is -0.139. The molecule has 0 aliphatic carbocycles. The van der Waals surface area contributed by atoms with Crippen molar-refractivity contribution < 1.29 is 31.8 Å². The van der Waals surface area contributed by atoms with Gasteiger partial charge in [-0.1, -0.05) is 24.8 Å². The van der Waals surface area contributed by atoms with Crippen molar-refractivity contribution >= 4 is 11.7 Å². The van der Waals surface area contributed by atoms with E-state index < -0.39 is 35.6 Å². The molecule has 0 radical (unpaired) electrons. The number of hydrogen-bond donors (Lipinski definition) is 0. The largest absolute Gasteiger partial charge is 0.462 e. The smallest absolute Gasteiger partial charge is 0.416 e. The molecule has 3 atom stereocenters. The van der Waals surface area contributed by atoms with E-state index in [9.17, 15) is 22.4 Å². The molecule has 0 spiro atoms. The van der Waals surface area contributed by atoms with Crippen LogP contribution in [0.2, 0.25) is 0 Å². The lowest BCUT2D eigenvalue weighted by Gasteiger charge is -2.40. The third-order valence-electron chi connectivity index (χ3n) is 8.12. The van der Waals surface area contributed by atoms with E-state index in [4.69, 9.17) is 21.0 Å². The monoisotopic (exact) mass is 588 g/mol. The molecule has 4 heterocycles. The summed E-state index contributed by atoms with van der Waals surface area (Å²) in [6, 6.07) is 5.02. The molecule has 0 saturated carbocycles. The molecule has 2 saturated heterocycles. The maximum absolute atomic E-state index is 13.8. The maximum atomic E-state index is 13.8. The Bertz CT molecular complexity index is 1380. The van der Waals surface area contributed by atoms with Crippen molar-refractivity contribution in [3.8, 4) is 6.01 Å². The number of rotatable bonds is 7. The van der Waals surface area contributed by atoms with Gasteiger partial charge in [0.25, 0.3) is 5.91 Å². The van der Waals surface area contributed by atoms with Gasteiger partial charge in [-0.05, 0) is 38.1 Å². The molecular weight excluding hydrogens is 556 g/mol. The molecule has 0 bridgehead atoms. The molecule has 1 amide bonds. The van der Waals surface area contributed by atoms with Gasteiger partial charge in [-0.25, -0.2) is 11.0 Å². The van der Waals surface area contributed by atoms with Crippen molar-refractivity contribution in [3.63, 3.8) is 0 Å². The van der Waals surface area contributed by atoms with Crippen molar-refractivity contribution in [3.05, 3.63) is 70.5 Å². The van der Waals surface area contributed by atoms with Crippen LogP contribution >= 0.6 is 0 Å². The van der Waals surface area contributed by atoms with Crippen LogP contribution < -0.4 is 9.64 Å². The summed E-state index contributed by atoms with van der Waals surface area (Å²) in [5.74, 6) is -1.48. The number of benzene rings is 1. The van der Waals surface area contributed by atoms with E-state index in [2.05, 4.69) is 21.3 Å². The van der Waals surface area contributed by atoms with E-state index in [1.165, 1.54) is 17.0 Å². The molecule has 5 rings (SSSR count). The normalized spacial score (nSPS) is 22.9. The first-order chi connectivity index (χ1) is 20.1. The van der Waals surface area contributed by atoms with E-state index >= 15 is 0 Å². The van der Waals surface area contributed by atoms with Crippen LogP contribution in [0, 0.1) is 6.57 Å². The third kappa shape index (κ3) is 6.19. The quantitative estimate of drug-likeness (QED) is 0.273. The third-order valence-corrected chi connectivity index (χ3v) is 8.12. The van der Waals surface area contributed by atoms with Crippen LogP contribution in [-0.2, 0) is 28.7 Å². The summed E-state index contributed by atoms with van der Waals surface area (Å²) in [6.07, 6.45) is -3.34. The number of likely N-dealkylation sites (tertiary alicyclic amines) is 1. The predicted molar refractivity (Wildman–Crippen MR) is 145 cm³/mol. The number of carbonyl (C=O) groups is 1. The fraction of sp³-hybridized carbons (Fsp3) is 0.517. The lowest BCUT2D eigenvalue weighted by Crippen LogP contribution is -2.57. The Labute approximate surface area is 241 Å². The van der Waals surface area contributed by atoms with Crippen molar-refractivity contribution in [1.82, 2.24) is 19.8 Å². The highest BCUT2D eigenvalue weighted by Gasteiger charge is 2.39. The molecule has 9 nitrogen and oxygen atoms in total. The van der Waals surface area contributed by atoms with Crippen molar-refractivity contribution in [2.24, 2.45) is 0 Å². The topological polar surface area (TPSA) is 75.4 Å². The molecule has 3 aliphatic rings. The summed E-state index contributed by atoms with van der Waals surface area (Å²) < 4.78 is 67.1. The Hall–Kier alpha value is -3.76. The predicted octanol–water partition coefficient (Wildman–Crippen LogP) is 4.20. The molecule has 42 heavy (non-hydrogen) atoms. The minimum Gasteiger partial charge on any atom is -0.462 e. The summed E-state index contributed by atoms with van der Waals surface area (Å²) in [6.45, 7) is 12.3. The van der Waals surface area contributed by atoms with Gasteiger partial charge >= 0.3 is 12.2 Å². The fourth-order valence-corrected chi connectivity index (χ4v) is 5.89. The Morgan fingerprint density at radius 3 is 2.69 bits per heavy atom. The molecule has 1 aromatic carbocycles. The number of hydrogen-bond acceptors (Lipinski definition) is 7. The second-order valence-electron chi connectivity index (χ2n) is 10.8. The summed E-state index contributed by atoms with van der Waals surface area (Å²) in [7, 11) is 2.02. The number of halogens is 4. The fourth-order valence-electron chi connectivity index (χ4n) is 5.89. The maximum Gasteiger partial charge on any atom is 0.416 e. The zero-order valence-electron chi connectivity index (χ0n) is 23.2. The number of piperazine rings is 1. The molecule has 0 N–H and O–H groups in total. The van der Waals surface area contributed by atoms with Crippen LogP contribution in [0.1, 0.15) is 41.3 Å². The molecule has 13 heteroatoms. The highest BCUT2D eigenvalue weighted by atomic mass is 19.4. The Balaban J connectivity index is 1.47. The van der Waals surface area contributed by atoms with Gasteiger partial charge in [-0.2, -0.15) is 23.1 Å². The Morgan fingerprint density at radius 1 is 1.21 bits per heavy atom. The SMILES string of the molecule is [C-]#[N+]C[C@H]1CN(c2nc(OC[C@H]3CCCN3C)nc3c2CO[C@@H](c2ccccc2C(F)(F)F)C3)CCN1C(=O)C(=C)F. The minimum absolute atomic E-state index is 0.0292. The van der Waals surface area contributed by atoms with Crippen molar-refractivity contribution in [2.45, 2.75) is 50.2 Å². The Kier molecular flexibility index (Phi) is 8.65. The van der Waals surface area contributed by atoms with E-state index in [-0.39, 0.29) is 56.8 Å². The zero-order valence-corrected chi connectivity index (χ0v) is 23.2. The zero-order chi connectivity index (χ0) is 30.0. The van der Waals surface area contributed by atoms with Gasteiger partial charge in [-0.15, -0.1) is 0 Å². The van der Waals surface area contributed by atoms with Crippen molar-refractivity contribution in [1.29, 1.82) is 0 Å². The van der Waals surface area contributed by atoms with E-state index in [0.717, 1.165) is 25.5 Å². The van der Waals surface area contributed by atoms with Gasteiger partial charge in [0, 0.05) is 37.7 Å². The molecular formula is C29H32F4N6O3. The summed E-state index contributed by atoms with van der Waals surface area (Å²) >= 11 is 0. The van der Waals surface area contributed by atoms with Crippen LogP contribution in [0.25, 0.3) is 4.85 Å². The number of anilines is 1. The number of carbonyl (C=O) groups excluding carboxylic acids is 1. The van der Waals surface area contributed by atoms with E-state index in [1.54, 1.807) is 6.07 Å². The van der Waals surface area contributed by atoms with Crippen LogP contribution in [0.15, 0.2) is 36.7 Å². The average molecular weight is 589 g/mol. The summed E-state index contributed by atoms with van der Waals surface area (Å²) in [4.78, 5) is 30.5. The van der Waals surface area contributed by atoms with Crippen LogP contribution in [0.4, 0.5) is 23.4 Å². The number of alkyl halides is 3. The number of ether oxygens (including phenoxy) is 2. The van der Waals surface area contributed by atoms with Gasteiger partial charge in [0.1, 0.15) is 18.5 Å². The molecule has 1 aromatic heterocycles. The van der Waals surface area contributed by atoms with E-state index in [1.807, 2.05) is 11.9 Å². The number of amides is 1. The van der Waals surface area contributed by atoms with Crippen LogP contribution in [0.3, 0.4) is 0 Å². The number of likely N-dealkylation sites (N-methyl/N-ethyl adjacent to an activating group) is 1. The highest BCUT2D eigenvalue weighted by Crippen LogP contribution is 2.40. The second-order valence-corrected chi connectivity index (χ2v) is 10.8. The first-order valence-electron chi connectivity index (χ1n) is 13.8. The first kappa shape index (κ1) is 29.7. The van der Waals surface area contributed by atoms with Crippen LogP contribution in [-0.4, -0.2) is 84.1 Å². The molecule has 224 valence electrons. The Morgan fingerprint density at radius 2 is 2.00 bits per heavy atom. The van der Waals surface area contributed by atoms with E-state index in [0.29, 0.717) is 23.7 Å². The van der Waals surface area contributed by atoms with Gasteiger partial charge in [-0.3, -0.25) is 4.79 Å².